The van der Waals surface area contributed by atoms with Crippen molar-refractivity contribution in [3.05, 3.63) is 53.6 Å². The minimum atomic E-state index is -1.35. The summed E-state index contributed by atoms with van der Waals surface area (Å²) in [5, 5.41) is 9.71. The monoisotopic (exact) mass is 438 g/mol. The summed E-state index contributed by atoms with van der Waals surface area (Å²) in [5.74, 6) is -0.986. The molecular formula is C23H26N4O3S. The predicted molar refractivity (Wildman–Crippen MR) is 119 cm³/mol. The highest BCUT2D eigenvalue weighted by molar-refractivity contribution is 7.84. The van der Waals surface area contributed by atoms with Crippen molar-refractivity contribution in [3.63, 3.8) is 0 Å². The lowest BCUT2D eigenvalue weighted by Crippen LogP contribution is -2.52. The minimum Gasteiger partial charge on any atom is -0.368 e. The van der Waals surface area contributed by atoms with Gasteiger partial charge in [0, 0.05) is 19.2 Å². The zero-order valence-corrected chi connectivity index (χ0v) is 18.2. The van der Waals surface area contributed by atoms with Gasteiger partial charge in [-0.1, -0.05) is 36.8 Å². The molecule has 2 amide bonds. The molecule has 0 spiro atoms. The van der Waals surface area contributed by atoms with Crippen molar-refractivity contribution in [2.45, 2.75) is 42.7 Å². The maximum atomic E-state index is 12.0. The Morgan fingerprint density at radius 1 is 1.16 bits per heavy atom. The van der Waals surface area contributed by atoms with Gasteiger partial charge in [0.05, 0.1) is 33.4 Å². The molecule has 0 bridgehead atoms. The van der Waals surface area contributed by atoms with Gasteiger partial charge in [-0.3, -0.25) is 18.7 Å². The van der Waals surface area contributed by atoms with Gasteiger partial charge in [0.25, 0.3) is 0 Å². The highest BCUT2D eigenvalue weighted by atomic mass is 32.2. The number of rotatable bonds is 7. The van der Waals surface area contributed by atoms with E-state index in [-0.39, 0.29) is 11.5 Å². The van der Waals surface area contributed by atoms with Crippen LogP contribution in [0.4, 0.5) is 0 Å². The van der Waals surface area contributed by atoms with Gasteiger partial charge < -0.3 is 11.5 Å². The van der Waals surface area contributed by atoms with Gasteiger partial charge >= 0.3 is 0 Å². The van der Waals surface area contributed by atoms with E-state index in [0.717, 1.165) is 29.5 Å². The van der Waals surface area contributed by atoms with Crippen molar-refractivity contribution in [1.29, 1.82) is 5.26 Å². The number of nitriles is 1. The molecule has 31 heavy (non-hydrogen) atoms. The van der Waals surface area contributed by atoms with E-state index in [4.69, 9.17) is 11.5 Å². The molecule has 0 radical (unpaired) electrons. The molecule has 1 fully saturated rings. The second-order valence-electron chi connectivity index (χ2n) is 7.73. The van der Waals surface area contributed by atoms with Crippen LogP contribution in [-0.4, -0.2) is 45.8 Å². The first kappa shape index (κ1) is 22.7. The Bertz CT molecular complexity index is 1050. The highest BCUT2D eigenvalue weighted by Crippen LogP contribution is 2.26. The summed E-state index contributed by atoms with van der Waals surface area (Å²) in [7, 11) is -1.35. The first-order valence-corrected chi connectivity index (χ1v) is 11.7. The Morgan fingerprint density at radius 2 is 1.84 bits per heavy atom. The summed E-state index contributed by atoms with van der Waals surface area (Å²) < 4.78 is 12.0. The first-order chi connectivity index (χ1) is 14.8. The number of nitrogens with zero attached hydrogens (tertiary/aromatic N) is 2. The van der Waals surface area contributed by atoms with Gasteiger partial charge in [-0.05, 0) is 41.7 Å². The number of hydrogen-bond acceptors (Lipinski definition) is 5. The van der Waals surface area contributed by atoms with E-state index in [1.807, 2.05) is 29.2 Å². The molecule has 0 saturated carbocycles. The van der Waals surface area contributed by atoms with Crippen molar-refractivity contribution >= 4 is 22.6 Å². The SMILES string of the molecule is CS(=O)c1cc(-c2ccc(C[C@@H](C#N)N3CCCCC3C(N)=O)cc2)ccc1C(N)=O. The van der Waals surface area contributed by atoms with Crippen LogP contribution in [0.2, 0.25) is 0 Å². The molecule has 1 heterocycles. The highest BCUT2D eigenvalue weighted by Gasteiger charge is 2.32. The summed E-state index contributed by atoms with van der Waals surface area (Å²) in [6.45, 7) is 0.688. The number of carbonyl (C=O) groups is 2. The quantitative estimate of drug-likeness (QED) is 0.682. The average molecular weight is 439 g/mol. The number of likely N-dealkylation sites (tertiary alicyclic amines) is 1. The number of nitrogens with two attached hydrogens (primary N) is 2. The molecule has 0 aliphatic carbocycles. The molecule has 0 aromatic heterocycles. The van der Waals surface area contributed by atoms with Gasteiger partial charge in [-0.15, -0.1) is 0 Å². The van der Waals surface area contributed by atoms with E-state index in [1.54, 1.807) is 18.2 Å². The average Bonchev–Trinajstić information content (AvgIpc) is 2.77. The lowest BCUT2D eigenvalue weighted by atomic mass is 9.95. The molecule has 2 aromatic rings. The van der Waals surface area contributed by atoms with Gasteiger partial charge in [-0.25, -0.2) is 0 Å². The molecule has 1 aliphatic rings. The molecule has 4 N–H and O–H groups in total. The second-order valence-corrected chi connectivity index (χ2v) is 9.08. The van der Waals surface area contributed by atoms with E-state index >= 15 is 0 Å². The molecular weight excluding hydrogens is 412 g/mol. The second kappa shape index (κ2) is 9.86. The van der Waals surface area contributed by atoms with Crippen LogP contribution in [0.1, 0.15) is 35.2 Å². The summed E-state index contributed by atoms with van der Waals surface area (Å²) in [4.78, 5) is 25.7. The van der Waals surface area contributed by atoms with E-state index in [9.17, 15) is 19.1 Å². The zero-order valence-electron chi connectivity index (χ0n) is 17.4. The van der Waals surface area contributed by atoms with Crippen LogP contribution in [0.25, 0.3) is 11.1 Å². The Kier molecular flexibility index (Phi) is 7.21. The van der Waals surface area contributed by atoms with E-state index < -0.39 is 28.8 Å². The summed E-state index contributed by atoms with van der Waals surface area (Å²) >= 11 is 0. The lowest BCUT2D eigenvalue weighted by molar-refractivity contribution is -0.125. The fraction of sp³-hybridized carbons (Fsp3) is 0.348. The van der Waals surface area contributed by atoms with Gasteiger partial charge in [0.1, 0.15) is 6.04 Å². The van der Waals surface area contributed by atoms with Crippen molar-refractivity contribution in [3.8, 4) is 17.2 Å². The Morgan fingerprint density at radius 3 is 2.42 bits per heavy atom. The standard InChI is InChI=1S/C23H26N4O3S/c1-31(30)21-13-17(9-10-19(21)22(25)28)16-7-5-15(6-8-16)12-18(14-24)27-11-3-2-4-20(27)23(26)29/h5-10,13,18,20H,2-4,11-12H2,1H3,(H2,25,28)(H2,26,29)/t18-,20?,31?/m0/s1. The Balaban J connectivity index is 1.81. The van der Waals surface area contributed by atoms with Crippen LogP contribution < -0.4 is 11.5 Å². The maximum Gasteiger partial charge on any atom is 0.249 e. The predicted octanol–water partition coefficient (Wildman–Crippen LogP) is 1.96. The summed E-state index contributed by atoms with van der Waals surface area (Å²) in [6, 6.07) is 14.3. The van der Waals surface area contributed by atoms with E-state index in [0.29, 0.717) is 24.3 Å². The molecule has 7 nitrogen and oxygen atoms in total. The van der Waals surface area contributed by atoms with Crippen LogP contribution in [0.15, 0.2) is 47.4 Å². The number of piperidine rings is 1. The zero-order chi connectivity index (χ0) is 22.5. The molecule has 2 aromatic carbocycles. The van der Waals surface area contributed by atoms with Crippen molar-refractivity contribution < 1.29 is 13.8 Å². The Hall–Kier alpha value is -3.02. The third-order valence-corrected chi connectivity index (χ3v) is 6.65. The normalized spacial score (nSPS) is 18.6. The third kappa shape index (κ3) is 5.19. The molecule has 1 aliphatic heterocycles. The first-order valence-electron chi connectivity index (χ1n) is 10.1. The topological polar surface area (TPSA) is 130 Å². The Labute approximate surface area is 184 Å². The van der Waals surface area contributed by atoms with Crippen LogP contribution in [0.5, 0.6) is 0 Å². The van der Waals surface area contributed by atoms with Crippen LogP contribution in [0, 0.1) is 11.3 Å². The number of hydrogen-bond donors (Lipinski definition) is 2. The maximum absolute atomic E-state index is 12.0. The fourth-order valence-corrected chi connectivity index (χ4v) is 4.84. The van der Waals surface area contributed by atoms with Crippen molar-refractivity contribution in [2.75, 3.05) is 12.8 Å². The van der Waals surface area contributed by atoms with Crippen molar-refractivity contribution in [2.24, 2.45) is 11.5 Å². The number of amides is 2. The molecule has 2 unspecified atom stereocenters. The van der Waals surface area contributed by atoms with E-state index in [1.165, 1.54) is 6.26 Å². The fourth-order valence-electron chi connectivity index (χ4n) is 4.07. The van der Waals surface area contributed by atoms with Crippen LogP contribution in [0.3, 0.4) is 0 Å². The smallest absolute Gasteiger partial charge is 0.249 e. The van der Waals surface area contributed by atoms with Gasteiger partial charge in [0.2, 0.25) is 11.8 Å². The molecule has 8 heteroatoms. The van der Waals surface area contributed by atoms with Crippen molar-refractivity contribution in [1.82, 2.24) is 4.90 Å². The molecule has 162 valence electrons. The number of carbonyl (C=O) groups excluding carboxylic acids is 2. The lowest BCUT2D eigenvalue weighted by Gasteiger charge is -2.36. The largest absolute Gasteiger partial charge is 0.368 e. The summed E-state index contributed by atoms with van der Waals surface area (Å²) in [5.41, 5.74) is 13.9. The number of primary amides is 2. The minimum absolute atomic E-state index is 0.253. The third-order valence-electron chi connectivity index (χ3n) is 5.70. The van der Waals surface area contributed by atoms with Crippen LogP contribution in [-0.2, 0) is 22.0 Å². The van der Waals surface area contributed by atoms with Crippen LogP contribution >= 0.6 is 0 Å². The van der Waals surface area contributed by atoms with Gasteiger partial charge in [-0.2, -0.15) is 5.26 Å². The molecule has 1 saturated heterocycles. The number of benzene rings is 2. The molecule has 3 rings (SSSR count). The molecule has 3 atom stereocenters. The summed E-state index contributed by atoms with van der Waals surface area (Å²) in [6.07, 6.45) is 4.58. The van der Waals surface area contributed by atoms with Gasteiger partial charge in [0.15, 0.2) is 0 Å². The van der Waals surface area contributed by atoms with E-state index in [2.05, 4.69) is 6.07 Å².